The second-order valence-electron chi connectivity index (χ2n) is 4.69. The molecule has 0 spiro atoms. The topological polar surface area (TPSA) is 20.3 Å². The number of likely N-dealkylation sites (tertiary alicyclic amines) is 1. The quantitative estimate of drug-likeness (QED) is 0.735. The van der Waals surface area contributed by atoms with E-state index in [4.69, 9.17) is 0 Å². The lowest BCUT2D eigenvalue weighted by atomic mass is 9.78. The Morgan fingerprint density at radius 3 is 1.89 bits per heavy atom. The van der Waals surface area contributed by atoms with E-state index in [2.05, 4.69) is 12.1 Å². The Kier molecular flexibility index (Phi) is 2.63. The Bertz CT molecular complexity index is 550. The molecule has 0 aromatic heterocycles. The Morgan fingerprint density at radius 1 is 0.833 bits per heavy atom. The second-order valence-corrected chi connectivity index (χ2v) is 4.69. The van der Waals surface area contributed by atoms with E-state index >= 15 is 0 Å². The van der Waals surface area contributed by atoms with Crippen LogP contribution < -0.4 is 0 Å². The number of rotatable bonds is 2. The van der Waals surface area contributed by atoms with Gasteiger partial charge in [0.2, 0.25) is 5.91 Å². The van der Waals surface area contributed by atoms with Gasteiger partial charge in [-0.25, -0.2) is 0 Å². The van der Waals surface area contributed by atoms with Crippen LogP contribution in [0.3, 0.4) is 0 Å². The Morgan fingerprint density at radius 2 is 1.33 bits per heavy atom. The summed E-state index contributed by atoms with van der Waals surface area (Å²) in [5.41, 5.74) is 2.31. The van der Waals surface area contributed by atoms with Crippen LogP contribution in [0.4, 0.5) is 0 Å². The van der Waals surface area contributed by atoms with Crippen LogP contribution in [0.1, 0.15) is 23.1 Å². The van der Waals surface area contributed by atoms with Crippen LogP contribution in [0.5, 0.6) is 0 Å². The molecule has 0 unspecified atom stereocenters. The lowest BCUT2D eigenvalue weighted by Crippen LogP contribution is -2.50. The van der Waals surface area contributed by atoms with Gasteiger partial charge in [0, 0.05) is 7.05 Å². The van der Waals surface area contributed by atoms with Crippen molar-refractivity contribution in [2.75, 3.05) is 7.05 Å². The standard InChI is InChI=1S/C16H15NO/c1-17-15(13-10-6-3-7-11-13)14(16(17)18)12-8-4-2-5-9-12/h2-11,14-15H,1H3/t14-,15-/m0/s1. The fraction of sp³-hybridized carbons (Fsp3) is 0.188. The lowest BCUT2D eigenvalue weighted by Gasteiger charge is -2.45. The van der Waals surface area contributed by atoms with Crippen molar-refractivity contribution in [1.82, 2.24) is 4.90 Å². The van der Waals surface area contributed by atoms with Gasteiger partial charge in [0.1, 0.15) is 0 Å². The monoisotopic (exact) mass is 237 g/mol. The average Bonchev–Trinajstić information content (AvgIpc) is 2.45. The number of β-lactam (4-membered cyclic amide) rings is 1. The van der Waals surface area contributed by atoms with Crippen LogP contribution in [-0.4, -0.2) is 17.9 Å². The highest BCUT2D eigenvalue weighted by Crippen LogP contribution is 2.44. The van der Waals surface area contributed by atoms with E-state index in [0.717, 1.165) is 5.56 Å². The zero-order valence-corrected chi connectivity index (χ0v) is 10.3. The molecule has 0 saturated carbocycles. The smallest absolute Gasteiger partial charge is 0.232 e. The van der Waals surface area contributed by atoms with Crippen molar-refractivity contribution in [2.24, 2.45) is 0 Å². The number of nitrogens with zero attached hydrogens (tertiary/aromatic N) is 1. The van der Waals surface area contributed by atoms with E-state index in [9.17, 15) is 4.79 Å². The van der Waals surface area contributed by atoms with Gasteiger partial charge in [-0.3, -0.25) is 4.79 Å². The van der Waals surface area contributed by atoms with Gasteiger partial charge in [0.25, 0.3) is 0 Å². The number of likely N-dealkylation sites (N-methyl/N-ethyl adjacent to an activating group) is 1. The molecule has 2 nitrogen and oxygen atoms in total. The molecule has 0 N–H and O–H groups in total. The first-order valence-electron chi connectivity index (χ1n) is 6.15. The number of carbonyl (C=O) groups excluding carboxylic acids is 1. The van der Waals surface area contributed by atoms with Gasteiger partial charge in [-0.05, 0) is 11.1 Å². The van der Waals surface area contributed by atoms with Gasteiger partial charge in [-0.15, -0.1) is 0 Å². The molecule has 18 heavy (non-hydrogen) atoms. The van der Waals surface area contributed by atoms with Gasteiger partial charge >= 0.3 is 0 Å². The van der Waals surface area contributed by atoms with Crippen LogP contribution in [0.15, 0.2) is 60.7 Å². The fourth-order valence-corrected chi connectivity index (χ4v) is 2.68. The molecule has 2 heteroatoms. The minimum atomic E-state index is -0.0291. The van der Waals surface area contributed by atoms with Crippen molar-refractivity contribution < 1.29 is 4.79 Å². The first-order chi connectivity index (χ1) is 8.79. The second kappa shape index (κ2) is 4.30. The molecular formula is C16H15NO. The SMILES string of the molecule is CN1C(=O)[C@@H](c2ccccc2)[C@@H]1c1ccccc1. The van der Waals surface area contributed by atoms with E-state index in [-0.39, 0.29) is 17.9 Å². The molecule has 0 radical (unpaired) electrons. The van der Waals surface area contributed by atoms with Crippen molar-refractivity contribution in [1.29, 1.82) is 0 Å². The molecule has 1 fully saturated rings. The van der Waals surface area contributed by atoms with Crippen LogP contribution in [0, 0.1) is 0 Å². The highest BCUT2D eigenvalue weighted by atomic mass is 16.2. The summed E-state index contributed by atoms with van der Waals surface area (Å²) in [4.78, 5) is 13.9. The summed E-state index contributed by atoms with van der Waals surface area (Å²) in [5.74, 6) is 0.175. The maximum Gasteiger partial charge on any atom is 0.232 e. The summed E-state index contributed by atoms with van der Waals surface area (Å²) in [6.45, 7) is 0. The molecular weight excluding hydrogens is 222 g/mol. The summed E-state index contributed by atoms with van der Waals surface area (Å²) >= 11 is 0. The molecule has 2 aromatic rings. The van der Waals surface area contributed by atoms with Crippen LogP contribution >= 0.6 is 0 Å². The molecule has 1 heterocycles. The summed E-state index contributed by atoms with van der Waals surface area (Å²) < 4.78 is 0. The first-order valence-corrected chi connectivity index (χ1v) is 6.15. The highest BCUT2D eigenvalue weighted by molar-refractivity contribution is 5.91. The number of hydrogen-bond acceptors (Lipinski definition) is 1. The van der Waals surface area contributed by atoms with Crippen LogP contribution in [-0.2, 0) is 4.79 Å². The summed E-state index contributed by atoms with van der Waals surface area (Å²) in [6, 6.07) is 20.4. The molecule has 90 valence electrons. The minimum Gasteiger partial charge on any atom is -0.337 e. The largest absolute Gasteiger partial charge is 0.337 e. The summed E-state index contributed by atoms with van der Waals surface area (Å²) in [6.07, 6.45) is 0. The molecule has 3 rings (SSSR count). The van der Waals surface area contributed by atoms with E-state index in [1.54, 1.807) is 0 Å². The normalized spacial score (nSPS) is 22.7. The van der Waals surface area contributed by atoms with E-state index in [0.29, 0.717) is 0 Å². The summed E-state index contributed by atoms with van der Waals surface area (Å²) in [7, 11) is 1.87. The van der Waals surface area contributed by atoms with Gasteiger partial charge in [0.05, 0.1) is 12.0 Å². The van der Waals surface area contributed by atoms with Gasteiger partial charge in [-0.1, -0.05) is 60.7 Å². The number of benzene rings is 2. The number of carbonyl (C=O) groups is 1. The molecule has 1 saturated heterocycles. The number of hydrogen-bond donors (Lipinski definition) is 0. The first kappa shape index (κ1) is 11.0. The predicted octanol–water partition coefficient (Wildman–Crippen LogP) is 2.98. The van der Waals surface area contributed by atoms with Crippen molar-refractivity contribution in [3.63, 3.8) is 0 Å². The predicted molar refractivity (Wildman–Crippen MR) is 71.1 cm³/mol. The molecule has 2 aromatic carbocycles. The third kappa shape index (κ3) is 1.61. The fourth-order valence-electron chi connectivity index (χ4n) is 2.68. The molecule has 1 aliphatic rings. The maximum absolute atomic E-state index is 12.1. The zero-order chi connectivity index (χ0) is 12.5. The van der Waals surface area contributed by atoms with Crippen LogP contribution in [0.25, 0.3) is 0 Å². The van der Waals surface area contributed by atoms with Gasteiger partial charge in [0.15, 0.2) is 0 Å². The van der Waals surface area contributed by atoms with Crippen molar-refractivity contribution in [2.45, 2.75) is 12.0 Å². The Balaban J connectivity index is 1.97. The molecule has 1 amide bonds. The maximum atomic E-state index is 12.1. The van der Waals surface area contributed by atoms with Crippen molar-refractivity contribution in [3.05, 3.63) is 71.8 Å². The van der Waals surface area contributed by atoms with Gasteiger partial charge in [-0.2, -0.15) is 0 Å². The van der Waals surface area contributed by atoms with Crippen LogP contribution in [0.2, 0.25) is 0 Å². The van der Waals surface area contributed by atoms with E-state index in [1.165, 1.54) is 5.56 Å². The van der Waals surface area contributed by atoms with Crippen molar-refractivity contribution in [3.8, 4) is 0 Å². The van der Waals surface area contributed by atoms with Crippen molar-refractivity contribution >= 4 is 5.91 Å². The van der Waals surface area contributed by atoms with E-state index in [1.807, 2.05) is 60.5 Å². The van der Waals surface area contributed by atoms with E-state index < -0.39 is 0 Å². The third-order valence-corrected chi connectivity index (χ3v) is 3.65. The Labute approximate surface area is 107 Å². The molecule has 0 bridgehead atoms. The molecule has 1 aliphatic heterocycles. The highest BCUT2D eigenvalue weighted by Gasteiger charge is 2.46. The zero-order valence-electron chi connectivity index (χ0n) is 10.3. The Hall–Kier alpha value is -2.09. The third-order valence-electron chi connectivity index (χ3n) is 3.65. The van der Waals surface area contributed by atoms with Gasteiger partial charge < -0.3 is 4.90 Å². The number of amides is 1. The summed E-state index contributed by atoms with van der Waals surface area (Å²) in [5, 5.41) is 0. The minimum absolute atomic E-state index is 0.0291. The lowest BCUT2D eigenvalue weighted by molar-refractivity contribution is -0.147. The molecule has 2 atom stereocenters. The molecule has 0 aliphatic carbocycles. The average molecular weight is 237 g/mol.